The van der Waals surface area contributed by atoms with Crippen LogP contribution in [0.15, 0.2) is 0 Å². The molecule has 0 radical (unpaired) electrons. The van der Waals surface area contributed by atoms with Gasteiger partial charge >= 0.3 is 0 Å². The van der Waals surface area contributed by atoms with Crippen LogP contribution in [0.3, 0.4) is 0 Å². The van der Waals surface area contributed by atoms with E-state index >= 15 is 0 Å². The first-order valence-electron chi connectivity index (χ1n) is 5.45. The zero-order valence-electron chi connectivity index (χ0n) is 10.3. The Bertz CT molecular complexity index is 198. The van der Waals surface area contributed by atoms with Gasteiger partial charge in [-0.15, -0.1) is 0 Å². The van der Waals surface area contributed by atoms with Crippen LogP contribution in [0.5, 0.6) is 0 Å². The zero-order chi connectivity index (χ0) is 12.7. The molecule has 16 heavy (non-hydrogen) atoms. The summed E-state index contributed by atoms with van der Waals surface area (Å²) < 4.78 is 17.5. The molecule has 96 valence electrons. The average molecular weight is 235 g/mol. The molecule has 0 amide bonds. The molecule has 0 aromatic heterocycles. The summed E-state index contributed by atoms with van der Waals surface area (Å²) in [6, 6.07) is 0. The molecule has 0 saturated carbocycles. The van der Waals surface area contributed by atoms with Crippen molar-refractivity contribution in [2.75, 3.05) is 19.7 Å². The predicted molar refractivity (Wildman–Crippen MR) is 59.9 cm³/mol. The molecule has 0 bridgehead atoms. The molecule has 0 aromatic carbocycles. The van der Waals surface area contributed by atoms with Crippen molar-refractivity contribution >= 4 is 6.47 Å². The summed E-state index contributed by atoms with van der Waals surface area (Å²) in [4.78, 5) is 9.60. The van der Waals surface area contributed by atoms with Crippen LogP contribution in [0, 0.1) is 0 Å². The Balaban J connectivity index is 0.000000293. The largest absolute Gasteiger partial charge is 0.462 e. The molecule has 1 atom stereocenters. The minimum Gasteiger partial charge on any atom is -0.462 e. The standard InChI is InChI=1S/C6H12FNO.C5H10O2/c7-6(5-9)2-1-3-8-4-6;1-5(2,3)7-4-6/h8-9H,1-5H2;4H,1-3H3. The van der Waals surface area contributed by atoms with Gasteiger partial charge in [-0.1, -0.05) is 0 Å². The molecule has 1 rings (SSSR count). The Labute approximate surface area is 96.2 Å². The number of aliphatic hydroxyl groups excluding tert-OH is 1. The molecule has 1 fully saturated rings. The lowest BCUT2D eigenvalue weighted by molar-refractivity contribution is -0.138. The highest BCUT2D eigenvalue weighted by molar-refractivity contribution is 5.37. The SMILES string of the molecule is CC(C)(C)OC=O.OCC1(F)CCCNC1. The van der Waals surface area contributed by atoms with E-state index in [4.69, 9.17) is 5.11 Å². The summed E-state index contributed by atoms with van der Waals surface area (Å²) in [5, 5.41) is 11.4. The van der Waals surface area contributed by atoms with Crippen LogP contribution in [0.2, 0.25) is 0 Å². The van der Waals surface area contributed by atoms with E-state index in [1.807, 2.05) is 20.8 Å². The number of hydrogen-bond acceptors (Lipinski definition) is 4. The third-order valence-electron chi connectivity index (χ3n) is 2.11. The summed E-state index contributed by atoms with van der Waals surface area (Å²) in [6.07, 6.45) is 1.33. The number of hydrogen-bond donors (Lipinski definition) is 2. The van der Waals surface area contributed by atoms with Crippen molar-refractivity contribution in [3.05, 3.63) is 0 Å². The first kappa shape index (κ1) is 15.3. The van der Waals surface area contributed by atoms with E-state index in [0.29, 0.717) is 19.4 Å². The quantitative estimate of drug-likeness (QED) is 0.702. The van der Waals surface area contributed by atoms with Crippen molar-refractivity contribution in [1.82, 2.24) is 5.32 Å². The van der Waals surface area contributed by atoms with Crippen molar-refractivity contribution in [2.24, 2.45) is 0 Å². The lowest BCUT2D eigenvalue weighted by atomic mass is 9.97. The first-order valence-corrected chi connectivity index (χ1v) is 5.45. The molecule has 1 aliphatic rings. The van der Waals surface area contributed by atoms with Gasteiger partial charge in [0.25, 0.3) is 6.47 Å². The van der Waals surface area contributed by atoms with Gasteiger partial charge in [0.15, 0.2) is 0 Å². The Hall–Kier alpha value is -0.680. The van der Waals surface area contributed by atoms with Crippen LogP contribution < -0.4 is 5.32 Å². The molecule has 1 unspecified atom stereocenters. The lowest BCUT2D eigenvalue weighted by Gasteiger charge is -2.27. The van der Waals surface area contributed by atoms with Gasteiger partial charge in [0, 0.05) is 6.54 Å². The molecule has 2 N–H and O–H groups in total. The van der Waals surface area contributed by atoms with Crippen LogP contribution >= 0.6 is 0 Å². The first-order chi connectivity index (χ1) is 7.33. The van der Waals surface area contributed by atoms with Gasteiger partial charge < -0.3 is 15.2 Å². The van der Waals surface area contributed by atoms with Crippen molar-refractivity contribution in [2.45, 2.75) is 44.9 Å². The second-order valence-corrected chi connectivity index (χ2v) is 4.92. The summed E-state index contributed by atoms with van der Waals surface area (Å²) >= 11 is 0. The van der Waals surface area contributed by atoms with Gasteiger partial charge in [0.1, 0.15) is 11.3 Å². The minimum atomic E-state index is -1.34. The van der Waals surface area contributed by atoms with Crippen LogP contribution in [0.4, 0.5) is 4.39 Å². The van der Waals surface area contributed by atoms with Crippen LogP contribution in [0.25, 0.3) is 0 Å². The van der Waals surface area contributed by atoms with Gasteiger partial charge in [-0.2, -0.15) is 0 Å². The van der Waals surface area contributed by atoms with E-state index in [9.17, 15) is 9.18 Å². The highest BCUT2D eigenvalue weighted by atomic mass is 19.1. The highest BCUT2D eigenvalue weighted by Crippen LogP contribution is 2.19. The fourth-order valence-electron chi connectivity index (χ4n) is 1.21. The molecular formula is C11H22FNO3. The van der Waals surface area contributed by atoms with E-state index in [-0.39, 0.29) is 12.2 Å². The maximum Gasteiger partial charge on any atom is 0.293 e. The van der Waals surface area contributed by atoms with Crippen molar-refractivity contribution in [3.8, 4) is 0 Å². The minimum absolute atomic E-state index is 0.309. The predicted octanol–water partition coefficient (Wildman–Crippen LogP) is 1.03. The number of halogens is 1. The topological polar surface area (TPSA) is 58.6 Å². The fraction of sp³-hybridized carbons (Fsp3) is 0.909. The second kappa shape index (κ2) is 6.81. The van der Waals surface area contributed by atoms with E-state index in [1.54, 1.807) is 0 Å². The Morgan fingerprint density at radius 1 is 1.56 bits per heavy atom. The van der Waals surface area contributed by atoms with Gasteiger partial charge in [-0.3, -0.25) is 4.79 Å². The molecule has 5 heteroatoms. The summed E-state index contributed by atoms with van der Waals surface area (Å²) in [7, 11) is 0. The lowest BCUT2D eigenvalue weighted by Crippen LogP contribution is -2.44. The van der Waals surface area contributed by atoms with Gasteiger partial charge in [0.2, 0.25) is 0 Å². The summed E-state index contributed by atoms with van der Waals surface area (Å²) in [6.45, 7) is 6.76. The third kappa shape index (κ3) is 7.59. The maximum atomic E-state index is 13.0. The van der Waals surface area contributed by atoms with Gasteiger partial charge in [-0.25, -0.2) is 4.39 Å². The molecule has 4 nitrogen and oxygen atoms in total. The third-order valence-corrected chi connectivity index (χ3v) is 2.11. The fourth-order valence-corrected chi connectivity index (χ4v) is 1.21. The number of nitrogens with one attached hydrogen (secondary N) is 1. The average Bonchev–Trinajstić information content (AvgIpc) is 2.18. The number of alkyl halides is 1. The molecule has 0 aliphatic carbocycles. The van der Waals surface area contributed by atoms with Crippen molar-refractivity contribution in [3.63, 3.8) is 0 Å². The molecule has 1 heterocycles. The molecule has 0 aromatic rings. The molecule has 1 saturated heterocycles. The van der Waals surface area contributed by atoms with Gasteiger partial charge in [0.05, 0.1) is 6.61 Å². The normalized spacial score (nSPS) is 25.3. The van der Waals surface area contributed by atoms with Crippen LogP contribution in [0.1, 0.15) is 33.6 Å². The van der Waals surface area contributed by atoms with Crippen LogP contribution in [-0.4, -0.2) is 42.5 Å². The number of ether oxygens (including phenoxy) is 1. The maximum absolute atomic E-state index is 13.0. The zero-order valence-corrected chi connectivity index (χ0v) is 10.3. The number of piperidine rings is 1. The smallest absolute Gasteiger partial charge is 0.293 e. The monoisotopic (exact) mass is 235 g/mol. The summed E-state index contributed by atoms with van der Waals surface area (Å²) in [5.41, 5.74) is -1.65. The summed E-state index contributed by atoms with van der Waals surface area (Å²) in [5.74, 6) is 0. The Kier molecular flexibility index (Phi) is 6.52. The van der Waals surface area contributed by atoms with E-state index in [2.05, 4.69) is 10.1 Å². The van der Waals surface area contributed by atoms with Crippen LogP contribution in [-0.2, 0) is 9.53 Å². The number of rotatable bonds is 2. The van der Waals surface area contributed by atoms with E-state index in [0.717, 1.165) is 13.0 Å². The highest BCUT2D eigenvalue weighted by Gasteiger charge is 2.30. The Morgan fingerprint density at radius 2 is 2.19 bits per heavy atom. The van der Waals surface area contributed by atoms with E-state index in [1.165, 1.54) is 0 Å². The van der Waals surface area contributed by atoms with Crippen molar-refractivity contribution < 1.29 is 19.0 Å². The molecular weight excluding hydrogens is 213 g/mol. The number of carbonyl (C=O) groups is 1. The molecule has 1 aliphatic heterocycles. The van der Waals surface area contributed by atoms with E-state index < -0.39 is 5.67 Å². The number of carbonyl (C=O) groups excluding carboxylic acids is 1. The Morgan fingerprint density at radius 3 is 2.38 bits per heavy atom. The molecule has 0 spiro atoms. The second-order valence-electron chi connectivity index (χ2n) is 4.92. The number of aliphatic hydroxyl groups is 1. The van der Waals surface area contributed by atoms with Crippen molar-refractivity contribution in [1.29, 1.82) is 0 Å². The van der Waals surface area contributed by atoms with Gasteiger partial charge in [-0.05, 0) is 40.2 Å².